The molecule has 0 spiro atoms. The first-order chi connectivity index (χ1) is 15.0. The minimum Gasteiger partial charge on any atom is -0.321 e. The molecule has 0 fully saturated rings. The summed E-state index contributed by atoms with van der Waals surface area (Å²) in [6.45, 7) is 0.626. The molecule has 160 valence electrons. The van der Waals surface area contributed by atoms with Gasteiger partial charge in [-0.15, -0.1) is 0 Å². The van der Waals surface area contributed by atoms with Gasteiger partial charge >= 0.3 is 0 Å². The zero-order valence-corrected chi connectivity index (χ0v) is 18.4. The Morgan fingerprint density at radius 3 is 2.65 bits per heavy atom. The molecular weight excluding hydrogens is 434 g/mol. The van der Waals surface area contributed by atoms with Gasteiger partial charge in [-0.1, -0.05) is 36.0 Å². The smallest absolute Gasteiger partial charge is 0.274 e. The van der Waals surface area contributed by atoms with Crippen LogP contribution in [0.1, 0.15) is 23.3 Å². The number of amides is 1. The lowest BCUT2D eigenvalue weighted by Gasteiger charge is -2.12. The van der Waals surface area contributed by atoms with E-state index in [4.69, 9.17) is 0 Å². The molecule has 2 aromatic carbocycles. The van der Waals surface area contributed by atoms with E-state index < -0.39 is 10.0 Å². The number of hydrogen-bond donors (Lipinski definition) is 2. The van der Waals surface area contributed by atoms with Crippen LogP contribution in [0.15, 0.2) is 75.8 Å². The number of thioether (sulfide) groups is 1. The number of amidine groups is 1. The number of benzene rings is 2. The van der Waals surface area contributed by atoms with Gasteiger partial charge in [-0.05, 0) is 43.0 Å². The minimum atomic E-state index is -3.77. The van der Waals surface area contributed by atoms with Gasteiger partial charge in [0.05, 0.1) is 11.1 Å². The van der Waals surface area contributed by atoms with Crippen molar-refractivity contribution < 1.29 is 13.2 Å². The average molecular weight is 456 g/mol. The van der Waals surface area contributed by atoms with Gasteiger partial charge in [0.1, 0.15) is 11.5 Å². The molecule has 0 aliphatic carbocycles. The van der Waals surface area contributed by atoms with Crippen molar-refractivity contribution in [1.29, 1.82) is 0 Å². The molecule has 1 aliphatic rings. The maximum atomic E-state index is 13.0. The molecule has 0 atom stereocenters. The second-order valence-electron chi connectivity index (χ2n) is 6.82. The second kappa shape index (κ2) is 8.94. The lowest BCUT2D eigenvalue weighted by Crippen LogP contribution is -2.29. The van der Waals surface area contributed by atoms with Crippen LogP contribution in [0.25, 0.3) is 5.69 Å². The number of imidazole rings is 1. The molecule has 8 nitrogen and oxygen atoms in total. The molecule has 10 heteroatoms. The molecule has 4 rings (SSSR count). The van der Waals surface area contributed by atoms with Gasteiger partial charge in [-0.2, -0.15) is 0 Å². The van der Waals surface area contributed by atoms with Crippen molar-refractivity contribution in [3.8, 4) is 5.69 Å². The van der Waals surface area contributed by atoms with E-state index >= 15 is 0 Å². The SMILES string of the molecule is CSc1ncc(C(=O)Nc2cccc(S(=O)(=O)NC3=NCCC3)c2)n1-c1ccccc1. The third-order valence-electron chi connectivity index (χ3n) is 4.69. The number of sulfonamides is 1. The van der Waals surface area contributed by atoms with Crippen LogP contribution in [-0.2, 0) is 10.0 Å². The van der Waals surface area contributed by atoms with Gasteiger partial charge in [-0.3, -0.25) is 19.1 Å². The molecule has 3 aromatic rings. The van der Waals surface area contributed by atoms with Crippen LogP contribution in [0, 0.1) is 0 Å². The third-order valence-corrected chi connectivity index (χ3v) is 6.72. The third kappa shape index (κ3) is 4.64. The highest BCUT2D eigenvalue weighted by Gasteiger charge is 2.21. The zero-order chi connectivity index (χ0) is 21.8. The van der Waals surface area contributed by atoms with Crippen LogP contribution < -0.4 is 10.0 Å². The molecule has 31 heavy (non-hydrogen) atoms. The Hall–Kier alpha value is -3.11. The molecule has 0 saturated heterocycles. The van der Waals surface area contributed by atoms with E-state index in [0.29, 0.717) is 35.3 Å². The van der Waals surface area contributed by atoms with E-state index in [1.165, 1.54) is 30.1 Å². The molecule has 1 aromatic heterocycles. The maximum absolute atomic E-state index is 13.0. The van der Waals surface area contributed by atoms with Crippen LogP contribution in [0.2, 0.25) is 0 Å². The van der Waals surface area contributed by atoms with Crippen molar-refractivity contribution in [3.05, 3.63) is 66.5 Å². The monoisotopic (exact) mass is 455 g/mol. The number of aliphatic imine (C=N–C) groups is 1. The first-order valence-corrected chi connectivity index (χ1v) is 12.3. The summed E-state index contributed by atoms with van der Waals surface area (Å²) in [6, 6.07) is 15.6. The summed E-state index contributed by atoms with van der Waals surface area (Å²) in [5, 5.41) is 3.46. The molecule has 1 amide bonds. The first kappa shape index (κ1) is 21.1. The highest BCUT2D eigenvalue weighted by Crippen LogP contribution is 2.23. The van der Waals surface area contributed by atoms with Crippen LogP contribution in [0.4, 0.5) is 5.69 Å². The number of anilines is 1. The summed E-state index contributed by atoms with van der Waals surface area (Å²) < 4.78 is 29.6. The number of rotatable bonds is 6. The Kier molecular flexibility index (Phi) is 6.10. The van der Waals surface area contributed by atoms with Crippen LogP contribution in [0.3, 0.4) is 0 Å². The highest BCUT2D eigenvalue weighted by molar-refractivity contribution is 7.98. The summed E-state index contributed by atoms with van der Waals surface area (Å²) >= 11 is 1.43. The summed E-state index contributed by atoms with van der Waals surface area (Å²) in [7, 11) is -3.77. The normalized spacial score (nSPS) is 13.6. The summed E-state index contributed by atoms with van der Waals surface area (Å²) in [5.41, 5.74) is 1.53. The van der Waals surface area contributed by atoms with Crippen molar-refractivity contribution in [2.45, 2.75) is 22.9 Å². The van der Waals surface area contributed by atoms with Crippen LogP contribution in [-0.4, -0.2) is 42.5 Å². The van der Waals surface area contributed by atoms with Crippen molar-refractivity contribution in [1.82, 2.24) is 14.3 Å². The topological polar surface area (TPSA) is 105 Å². The van der Waals surface area contributed by atoms with Crippen LogP contribution >= 0.6 is 11.8 Å². The Morgan fingerprint density at radius 1 is 1.13 bits per heavy atom. The number of aromatic nitrogens is 2. The Labute approximate surface area is 184 Å². The zero-order valence-electron chi connectivity index (χ0n) is 16.8. The number of nitrogens with one attached hydrogen (secondary N) is 2. The van der Waals surface area contributed by atoms with Crippen molar-refractivity contribution in [3.63, 3.8) is 0 Å². The lowest BCUT2D eigenvalue weighted by molar-refractivity contribution is 0.102. The van der Waals surface area contributed by atoms with Gasteiger partial charge in [-0.25, -0.2) is 13.4 Å². The van der Waals surface area contributed by atoms with E-state index in [1.54, 1.807) is 16.7 Å². The van der Waals surface area contributed by atoms with Gasteiger partial charge in [0, 0.05) is 24.3 Å². The van der Waals surface area contributed by atoms with E-state index in [9.17, 15) is 13.2 Å². The van der Waals surface area contributed by atoms with E-state index in [2.05, 4.69) is 20.0 Å². The molecule has 0 radical (unpaired) electrons. The Bertz CT molecular complexity index is 1240. The fraction of sp³-hybridized carbons (Fsp3) is 0.190. The van der Waals surface area contributed by atoms with E-state index in [0.717, 1.165) is 12.1 Å². The maximum Gasteiger partial charge on any atom is 0.274 e. The van der Waals surface area contributed by atoms with Crippen molar-refractivity contribution >= 4 is 39.2 Å². The van der Waals surface area contributed by atoms with E-state index in [-0.39, 0.29) is 10.8 Å². The number of carbonyl (C=O) groups is 1. The molecule has 0 bridgehead atoms. The fourth-order valence-corrected chi connectivity index (χ4v) is 4.92. The largest absolute Gasteiger partial charge is 0.321 e. The second-order valence-corrected chi connectivity index (χ2v) is 9.28. The predicted molar refractivity (Wildman–Crippen MR) is 122 cm³/mol. The predicted octanol–water partition coefficient (Wildman–Crippen LogP) is 3.32. The quantitative estimate of drug-likeness (QED) is 0.555. The highest BCUT2D eigenvalue weighted by atomic mass is 32.2. The number of hydrogen-bond acceptors (Lipinski definition) is 6. The summed E-state index contributed by atoms with van der Waals surface area (Å²) in [5.74, 6) is 0.0742. The van der Waals surface area contributed by atoms with E-state index in [1.807, 2.05) is 36.6 Å². The Morgan fingerprint density at radius 2 is 1.94 bits per heavy atom. The average Bonchev–Trinajstić information content (AvgIpc) is 3.44. The number of carbonyl (C=O) groups excluding carboxylic acids is 1. The standard InChI is InChI=1S/C21H21N5O3S2/c1-30-21-23-14-18(26(21)16-8-3-2-4-9-16)20(27)24-15-7-5-10-17(13-15)31(28,29)25-19-11-6-12-22-19/h2-5,7-10,13-14H,6,11-12H2,1H3,(H,22,25)(H,24,27). The van der Waals surface area contributed by atoms with Gasteiger partial charge in [0.25, 0.3) is 15.9 Å². The van der Waals surface area contributed by atoms with Crippen molar-refractivity contribution in [2.24, 2.45) is 4.99 Å². The fourth-order valence-electron chi connectivity index (χ4n) is 3.24. The molecule has 1 aliphatic heterocycles. The van der Waals surface area contributed by atoms with Crippen molar-refractivity contribution in [2.75, 3.05) is 18.1 Å². The minimum absolute atomic E-state index is 0.0567. The molecule has 0 saturated carbocycles. The molecule has 2 heterocycles. The summed E-state index contributed by atoms with van der Waals surface area (Å²) in [4.78, 5) is 21.6. The molecular formula is C21H21N5O3S2. The molecule has 2 N–H and O–H groups in total. The lowest BCUT2D eigenvalue weighted by atomic mass is 10.3. The Balaban J connectivity index is 1.59. The van der Waals surface area contributed by atoms with Gasteiger partial charge in [0.15, 0.2) is 5.16 Å². The molecule has 0 unspecified atom stereocenters. The first-order valence-electron chi connectivity index (χ1n) is 9.62. The van der Waals surface area contributed by atoms with Crippen LogP contribution in [0.5, 0.6) is 0 Å². The van der Waals surface area contributed by atoms with Gasteiger partial charge < -0.3 is 5.32 Å². The summed E-state index contributed by atoms with van der Waals surface area (Å²) in [6.07, 6.45) is 4.84. The number of nitrogens with zero attached hydrogens (tertiary/aromatic N) is 3. The number of para-hydroxylation sites is 1. The van der Waals surface area contributed by atoms with Gasteiger partial charge in [0.2, 0.25) is 0 Å².